The summed E-state index contributed by atoms with van der Waals surface area (Å²) in [6.45, 7) is 3.09. The first-order chi connectivity index (χ1) is 8.09. The fourth-order valence-electron chi connectivity index (χ4n) is 1.65. The van der Waals surface area contributed by atoms with Gasteiger partial charge < -0.3 is 0 Å². The van der Waals surface area contributed by atoms with E-state index in [2.05, 4.69) is 10.4 Å². The van der Waals surface area contributed by atoms with Crippen LogP contribution in [0, 0.1) is 0 Å². The van der Waals surface area contributed by atoms with Gasteiger partial charge >= 0.3 is 0 Å². The standard InChI is InChI=1S/C12H13N3O2/c1-8(16)11-12(17)15(14-9(2)13-11)10-6-4-3-5-7-10/h3-7,11H,1-2H3,(H,13,14). The molecular formula is C12H13N3O2. The molecule has 88 valence electrons. The van der Waals surface area contributed by atoms with E-state index in [1.165, 1.54) is 11.9 Å². The highest BCUT2D eigenvalue weighted by atomic mass is 16.2. The van der Waals surface area contributed by atoms with E-state index in [0.29, 0.717) is 11.5 Å². The largest absolute Gasteiger partial charge is 0.297 e. The van der Waals surface area contributed by atoms with Gasteiger partial charge in [0.25, 0.3) is 5.91 Å². The summed E-state index contributed by atoms with van der Waals surface area (Å²) >= 11 is 0. The van der Waals surface area contributed by atoms with Gasteiger partial charge in [-0.1, -0.05) is 18.2 Å². The highest BCUT2D eigenvalue weighted by Crippen LogP contribution is 2.16. The maximum absolute atomic E-state index is 12.0. The van der Waals surface area contributed by atoms with E-state index < -0.39 is 6.04 Å². The van der Waals surface area contributed by atoms with Crippen molar-refractivity contribution < 1.29 is 9.59 Å². The second-order valence-electron chi connectivity index (χ2n) is 3.85. The monoisotopic (exact) mass is 231 g/mol. The number of hydrazine groups is 1. The molecule has 1 aliphatic rings. The number of hydrogen-bond donors (Lipinski definition) is 1. The minimum atomic E-state index is -0.934. The number of nitrogens with zero attached hydrogens (tertiary/aromatic N) is 2. The highest BCUT2D eigenvalue weighted by molar-refractivity contribution is 6.15. The van der Waals surface area contributed by atoms with Crippen LogP contribution in [0.3, 0.4) is 0 Å². The van der Waals surface area contributed by atoms with Crippen LogP contribution in [0.25, 0.3) is 0 Å². The SMILES string of the molecule is CC(=O)C1N=C(C)NN(c2ccccc2)C1=O. The van der Waals surface area contributed by atoms with Crippen molar-refractivity contribution in [2.24, 2.45) is 4.99 Å². The average molecular weight is 231 g/mol. The first kappa shape index (κ1) is 11.3. The molecule has 0 aromatic heterocycles. The van der Waals surface area contributed by atoms with Crippen LogP contribution < -0.4 is 10.4 Å². The Balaban J connectivity index is 2.35. The lowest BCUT2D eigenvalue weighted by Crippen LogP contribution is -2.55. The number of para-hydroxylation sites is 1. The number of carbonyl (C=O) groups is 2. The summed E-state index contributed by atoms with van der Waals surface area (Å²) in [5.74, 6) is -0.0558. The molecule has 0 saturated heterocycles. The number of aliphatic imine (C=N–C) groups is 1. The van der Waals surface area contributed by atoms with Crippen LogP contribution in [0.5, 0.6) is 0 Å². The molecule has 1 unspecified atom stereocenters. The summed E-state index contributed by atoms with van der Waals surface area (Å²) in [7, 11) is 0. The van der Waals surface area contributed by atoms with Gasteiger partial charge in [-0.05, 0) is 26.0 Å². The maximum atomic E-state index is 12.0. The van der Waals surface area contributed by atoms with Crippen molar-refractivity contribution in [3.05, 3.63) is 30.3 Å². The molecule has 5 nitrogen and oxygen atoms in total. The van der Waals surface area contributed by atoms with Gasteiger partial charge in [0.2, 0.25) is 0 Å². The maximum Gasteiger partial charge on any atom is 0.278 e. The van der Waals surface area contributed by atoms with E-state index in [0.717, 1.165) is 0 Å². The molecule has 1 aliphatic heterocycles. The zero-order valence-electron chi connectivity index (χ0n) is 9.68. The minimum absolute atomic E-state index is 0.253. The second-order valence-corrected chi connectivity index (χ2v) is 3.85. The van der Waals surface area contributed by atoms with Gasteiger partial charge in [0.1, 0.15) is 5.84 Å². The van der Waals surface area contributed by atoms with Crippen LogP contribution in [0.2, 0.25) is 0 Å². The third kappa shape index (κ3) is 2.18. The number of amidine groups is 1. The third-order valence-electron chi connectivity index (χ3n) is 2.45. The van der Waals surface area contributed by atoms with Crippen molar-refractivity contribution in [2.75, 3.05) is 5.01 Å². The molecule has 0 spiro atoms. The molecule has 0 aliphatic carbocycles. The molecule has 2 rings (SSSR count). The van der Waals surface area contributed by atoms with E-state index in [1.54, 1.807) is 19.1 Å². The number of carbonyl (C=O) groups excluding carboxylic acids is 2. The minimum Gasteiger partial charge on any atom is -0.297 e. The fraction of sp³-hybridized carbons (Fsp3) is 0.250. The highest BCUT2D eigenvalue weighted by Gasteiger charge is 2.32. The predicted octanol–water partition coefficient (Wildman–Crippen LogP) is 0.914. The number of Topliss-reactive ketones (excluding diaryl/α,β-unsaturated/α-hetero) is 1. The summed E-state index contributed by atoms with van der Waals surface area (Å²) in [6, 6.07) is 8.17. The molecular weight excluding hydrogens is 218 g/mol. The van der Waals surface area contributed by atoms with Crippen LogP contribution in [0.15, 0.2) is 35.3 Å². The lowest BCUT2D eigenvalue weighted by Gasteiger charge is -2.30. The van der Waals surface area contributed by atoms with Crippen LogP contribution >= 0.6 is 0 Å². The van der Waals surface area contributed by atoms with Crippen LogP contribution in [0.4, 0.5) is 5.69 Å². The molecule has 17 heavy (non-hydrogen) atoms. The van der Waals surface area contributed by atoms with Crippen molar-refractivity contribution in [3.8, 4) is 0 Å². The Labute approximate surface area is 99.1 Å². The molecule has 1 heterocycles. The predicted molar refractivity (Wildman–Crippen MR) is 64.6 cm³/mol. The van der Waals surface area contributed by atoms with Crippen molar-refractivity contribution in [3.63, 3.8) is 0 Å². The molecule has 5 heteroatoms. The van der Waals surface area contributed by atoms with Gasteiger partial charge in [-0.25, -0.2) is 10.0 Å². The number of amides is 1. The molecule has 0 fully saturated rings. The van der Waals surface area contributed by atoms with E-state index in [9.17, 15) is 9.59 Å². The van der Waals surface area contributed by atoms with Gasteiger partial charge in [-0.2, -0.15) is 0 Å². The van der Waals surface area contributed by atoms with E-state index >= 15 is 0 Å². The third-order valence-corrected chi connectivity index (χ3v) is 2.45. The van der Waals surface area contributed by atoms with Crippen LogP contribution in [-0.4, -0.2) is 23.6 Å². The average Bonchev–Trinajstić information content (AvgIpc) is 2.32. The molecule has 1 N–H and O–H groups in total. The molecule has 0 saturated carbocycles. The smallest absolute Gasteiger partial charge is 0.278 e. The second kappa shape index (κ2) is 4.37. The quantitative estimate of drug-likeness (QED) is 0.770. The molecule has 0 bridgehead atoms. The van der Waals surface area contributed by atoms with Crippen molar-refractivity contribution >= 4 is 23.2 Å². The van der Waals surface area contributed by atoms with E-state index in [1.807, 2.05) is 18.2 Å². The Hall–Kier alpha value is -2.17. The number of nitrogens with one attached hydrogen (secondary N) is 1. The van der Waals surface area contributed by atoms with Crippen LogP contribution in [-0.2, 0) is 9.59 Å². The van der Waals surface area contributed by atoms with Crippen molar-refractivity contribution in [1.29, 1.82) is 0 Å². The van der Waals surface area contributed by atoms with Gasteiger partial charge in [-0.3, -0.25) is 15.0 Å². The van der Waals surface area contributed by atoms with E-state index in [-0.39, 0.29) is 11.7 Å². The molecule has 1 aromatic rings. The summed E-state index contributed by atoms with van der Waals surface area (Å²) in [5, 5.41) is 1.36. The zero-order chi connectivity index (χ0) is 12.4. The Bertz CT molecular complexity index is 482. The molecule has 1 aromatic carbocycles. The number of benzene rings is 1. The number of rotatable bonds is 2. The van der Waals surface area contributed by atoms with Gasteiger partial charge in [-0.15, -0.1) is 0 Å². The molecule has 1 atom stereocenters. The number of hydrogen-bond acceptors (Lipinski definition) is 4. The van der Waals surface area contributed by atoms with E-state index in [4.69, 9.17) is 0 Å². The molecule has 0 radical (unpaired) electrons. The van der Waals surface area contributed by atoms with Gasteiger partial charge in [0.15, 0.2) is 11.8 Å². The summed E-state index contributed by atoms with van der Waals surface area (Å²) < 4.78 is 0. The topological polar surface area (TPSA) is 61.8 Å². The number of anilines is 1. The first-order valence-corrected chi connectivity index (χ1v) is 5.30. The first-order valence-electron chi connectivity index (χ1n) is 5.30. The summed E-state index contributed by atoms with van der Waals surface area (Å²) in [4.78, 5) is 27.4. The summed E-state index contributed by atoms with van der Waals surface area (Å²) in [5.41, 5.74) is 3.54. The summed E-state index contributed by atoms with van der Waals surface area (Å²) in [6.07, 6.45) is 0. The lowest BCUT2D eigenvalue weighted by atomic mass is 10.1. The van der Waals surface area contributed by atoms with Crippen LogP contribution in [0.1, 0.15) is 13.8 Å². The van der Waals surface area contributed by atoms with Crippen molar-refractivity contribution in [2.45, 2.75) is 19.9 Å². The molecule has 1 amide bonds. The van der Waals surface area contributed by atoms with Gasteiger partial charge in [0.05, 0.1) is 5.69 Å². The Morgan fingerprint density at radius 3 is 2.59 bits per heavy atom. The number of ketones is 1. The Morgan fingerprint density at radius 2 is 2.00 bits per heavy atom. The Kier molecular flexibility index (Phi) is 2.91. The van der Waals surface area contributed by atoms with Crippen molar-refractivity contribution in [1.82, 2.24) is 5.43 Å². The van der Waals surface area contributed by atoms with Gasteiger partial charge in [0, 0.05) is 0 Å². The lowest BCUT2D eigenvalue weighted by molar-refractivity contribution is -0.128. The fourth-order valence-corrected chi connectivity index (χ4v) is 1.65. The normalized spacial score (nSPS) is 19.6. The Morgan fingerprint density at radius 1 is 1.35 bits per heavy atom. The zero-order valence-corrected chi connectivity index (χ0v) is 9.68.